The molecule has 2 aromatic rings. The summed E-state index contributed by atoms with van der Waals surface area (Å²) >= 11 is 0. The van der Waals surface area contributed by atoms with E-state index in [0.717, 1.165) is 0 Å². The second kappa shape index (κ2) is 9.24. The molecule has 10 heteroatoms. The van der Waals surface area contributed by atoms with Crippen LogP contribution in [0.2, 0.25) is 0 Å². The minimum atomic E-state index is -2.70. The van der Waals surface area contributed by atoms with Gasteiger partial charge in [-0.15, -0.1) is 0 Å². The molecule has 0 bridgehead atoms. The van der Waals surface area contributed by atoms with E-state index in [2.05, 4.69) is 11.8 Å². The summed E-state index contributed by atoms with van der Waals surface area (Å²) in [6.45, 7) is 0. The van der Waals surface area contributed by atoms with Gasteiger partial charge in [-0.05, 0) is 68.8 Å². The Bertz CT molecular complexity index is 1520. The number of hydrogen-bond acceptors (Lipinski definition) is 9. The third-order valence-corrected chi connectivity index (χ3v) is 8.16. The van der Waals surface area contributed by atoms with Crippen LogP contribution in [0.1, 0.15) is 28.7 Å². The van der Waals surface area contributed by atoms with Gasteiger partial charge in [0.05, 0.1) is 11.7 Å². The van der Waals surface area contributed by atoms with Crippen LogP contribution in [-0.2, 0) is 20.8 Å². The number of phenols is 2. The van der Waals surface area contributed by atoms with Crippen molar-refractivity contribution < 1.29 is 39.9 Å². The zero-order valence-corrected chi connectivity index (χ0v) is 21.3. The van der Waals surface area contributed by atoms with Crippen molar-refractivity contribution in [2.45, 2.75) is 30.6 Å². The van der Waals surface area contributed by atoms with Crippen molar-refractivity contribution in [1.82, 2.24) is 4.90 Å². The van der Waals surface area contributed by atoms with Crippen LogP contribution in [0.3, 0.4) is 0 Å². The van der Waals surface area contributed by atoms with E-state index in [0.29, 0.717) is 16.7 Å². The van der Waals surface area contributed by atoms with E-state index in [1.54, 1.807) is 37.2 Å². The first-order valence-electron chi connectivity index (χ1n) is 12.4. The summed E-state index contributed by atoms with van der Waals surface area (Å²) in [6, 6.07) is 8.29. The highest BCUT2D eigenvalue weighted by atomic mass is 16.3. The normalized spacial score (nSPS) is 29.7. The van der Waals surface area contributed by atoms with Crippen LogP contribution in [0.25, 0.3) is 5.76 Å². The molecule has 3 aliphatic rings. The highest BCUT2D eigenvalue weighted by Gasteiger charge is 2.67. The lowest BCUT2D eigenvalue weighted by Gasteiger charge is -2.53. The van der Waals surface area contributed by atoms with Gasteiger partial charge in [0, 0.05) is 28.7 Å². The van der Waals surface area contributed by atoms with Gasteiger partial charge in [0.2, 0.25) is 11.7 Å². The molecule has 2 fully saturated rings. The molecule has 6 atom stereocenters. The highest BCUT2D eigenvalue weighted by Crippen LogP contribution is 2.52. The number of phenolic OH excluding ortho intramolecular Hbond substituents is 2. The average molecular weight is 533 g/mol. The smallest absolute Gasteiger partial charge is 0.230 e. The molecule has 0 heterocycles. The van der Waals surface area contributed by atoms with Crippen LogP contribution >= 0.6 is 0 Å². The molecule has 39 heavy (non-hydrogen) atoms. The van der Waals surface area contributed by atoms with Gasteiger partial charge in [-0.3, -0.25) is 14.4 Å². The standard InChI is InChI=1S/C29H28N2O8/c1-31(2)23-18-12-15-11-17-14(7-6-13-4-3-5-16(32)10-13)8-9-19(33)21(17)24(34)20(15)26(36)29(18,39)27(37)22(25(23)35)28(30)38/h3-5,8-10,15,18,22-23,25,32-35,39H,11-12H2,1-2H3,(H2,30,38)/t15-,18-,22?,23-,25?,29-/m0/s1. The fourth-order valence-electron chi connectivity index (χ4n) is 6.44. The van der Waals surface area contributed by atoms with E-state index >= 15 is 0 Å². The Morgan fingerprint density at radius 2 is 1.82 bits per heavy atom. The minimum Gasteiger partial charge on any atom is -0.508 e. The van der Waals surface area contributed by atoms with E-state index in [4.69, 9.17) is 5.73 Å². The van der Waals surface area contributed by atoms with Gasteiger partial charge >= 0.3 is 0 Å². The second-order valence-electron chi connectivity index (χ2n) is 10.6. The number of ketones is 2. The third kappa shape index (κ3) is 3.89. The summed E-state index contributed by atoms with van der Waals surface area (Å²) < 4.78 is 0. The first-order valence-corrected chi connectivity index (χ1v) is 12.4. The third-order valence-electron chi connectivity index (χ3n) is 8.16. The highest BCUT2D eigenvalue weighted by molar-refractivity contribution is 6.25. The molecule has 7 N–H and O–H groups in total. The number of nitrogens with two attached hydrogens (primary N) is 1. The predicted molar refractivity (Wildman–Crippen MR) is 138 cm³/mol. The van der Waals surface area contributed by atoms with E-state index in [1.165, 1.54) is 18.2 Å². The molecule has 0 aliphatic heterocycles. The van der Waals surface area contributed by atoms with Crippen molar-refractivity contribution >= 4 is 23.2 Å². The first kappa shape index (κ1) is 26.4. The lowest BCUT2D eigenvalue weighted by atomic mass is 9.54. The van der Waals surface area contributed by atoms with Gasteiger partial charge in [-0.25, -0.2) is 0 Å². The van der Waals surface area contributed by atoms with Crippen molar-refractivity contribution in [3.8, 4) is 23.3 Å². The van der Waals surface area contributed by atoms with Crippen molar-refractivity contribution in [2.24, 2.45) is 23.5 Å². The Morgan fingerprint density at radius 3 is 2.46 bits per heavy atom. The number of Topliss-reactive ketones (excluding diaryl/α,β-unsaturated/α-hetero) is 2. The molecule has 0 aromatic heterocycles. The first-order chi connectivity index (χ1) is 18.4. The van der Waals surface area contributed by atoms with Crippen molar-refractivity contribution in [3.05, 3.63) is 64.2 Å². The van der Waals surface area contributed by atoms with Crippen LogP contribution in [0.5, 0.6) is 11.5 Å². The number of aliphatic hydroxyl groups is 3. The number of carbonyl (C=O) groups excluding carboxylic acids is 3. The summed E-state index contributed by atoms with van der Waals surface area (Å²) in [5.74, 6) is -1.92. The number of aliphatic hydroxyl groups excluding tert-OH is 2. The van der Waals surface area contributed by atoms with E-state index in [1.807, 2.05) is 0 Å². The number of fused-ring (bicyclic) bond motifs is 3. The number of benzene rings is 2. The maximum atomic E-state index is 13.9. The largest absolute Gasteiger partial charge is 0.508 e. The number of nitrogens with zero attached hydrogens (tertiary/aromatic N) is 1. The monoisotopic (exact) mass is 532 g/mol. The summed E-state index contributed by atoms with van der Waals surface area (Å²) in [7, 11) is 3.19. The fraction of sp³-hybridized carbons (Fsp3) is 0.345. The molecule has 202 valence electrons. The Morgan fingerprint density at radius 1 is 1.10 bits per heavy atom. The molecule has 2 unspecified atom stereocenters. The second-order valence-corrected chi connectivity index (χ2v) is 10.6. The van der Waals surface area contributed by atoms with Gasteiger partial charge in [0.1, 0.15) is 23.2 Å². The Labute approximate surface area is 224 Å². The topological polar surface area (TPSA) is 182 Å². The predicted octanol–water partition coefficient (Wildman–Crippen LogP) is 0.234. The minimum absolute atomic E-state index is 0.0211. The van der Waals surface area contributed by atoms with Gasteiger partial charge in [-0.2, -0.15) is 0 Å². The molecule has 0 spiro atoms. The maximum Gasteiger partial charge on any atom is 0.230 e. The molecule has 1 amide bonds. The lowest BCUT2D eigenvalue weighted by Crippen LogP contribution is -2.73. The molecule has 0 saturated heterocycles. The molecule has 3 aliphatic carbocycles. The van der Waals surface area contributed by atoms with E-state index < -0.39 is 58.7 Å². The van der Waals surface area contributed by atoms with Gasteiger partial charge in [-0.1, -0.05) is 17.9 Å². The fourth-order valence-corrected chi connectivity index (χ4v) is 6.44. The Balaban J connectivity index is 1.65. The SMILES string of the molecule is CN(C)[C@@H]1C(O)C(C(N)=O)C(=O)[C@@]2(O)C(=O)C3=C(O)c4c(O)ccc(C#Cc5cccc(O)c5)c4C[C@H]3C[C@@H]12. The number of hydrogen-bond donors (Lipinski definition) is 6. The van der Waals surface area contributed by atoms with Crippen LogP contribution < -0.4 is 5.73 Å². The number of primary amides is 1. The maximum absolute atomic E-state index is 13.9. The zero-order valence-electron chi connectivity index (χ0n) is 21.3. The zero-order chi connectivity index (χ0) is 28.4. The van der Waals surface area contributed by atoms with Crippen molar-refractivity contribution in [2.75, 3.05) is 14.1 Å². The lowest BCUT2D eigenvalue weighted by molar-refractivity contribution is -0.184. The molecule has 0 radical (unpaired) electrons. The Hall–Kier alpha value is -4.17. The van der Waals surface area contributed by atoms with Crippen LogP contribution in [0, 0.1) is 29.6 Å². The number of rotatable bonds is 2. The van der Waals surface area contributed by atoms with E-state index in [9.17, 15) is 39.9 Å². The molecule has 2 aromatic carbocycles. The molecular formula is C29H28N2O8. The summed E-state index contributed by atoms with van der Waals surface area (Å²) in [5.41, 5.74) is 3.93. The average Bonchev–Trinajstić information content (AvgIpc) is 2.85. The van der Waals surface area contributed by atoms with E-state index in [-0.39, 0.29) is 35.5 Å². The van der Waals surface area contributed by atoms with Crippen LogP contribution in [0.15, 0.2) is 42.0 Å². The van der Waals surface area contributed by atoms with Crippen LogP contribution in [0.4, 0.5) is 0 Å². The number of amides is 1. The summed E-state index contributed by atoms with van der Waals surface area (Å²) in [4.78, 5) is 40.9. The Kier molecular flexibility index (Phi) is 6.26. The van der Waals surface area contributed by atoms with Crippen molar-refractivity contribution in [1.29, 1.82) is 0 Å². The van der Waals surface area contributed by atoms with Crippen molar-refractivity contribution in [3.63, 3.8) is 0 Å². The molecule has 2 saturated carbocycles. The number of likely N-dealkylation sites (N-methyl/N-ethyl adjacent to an activating group) is 1. The summed E-state index contributed by atoms with van der Waals surface area (Å²) in [6.07, 6.45) is -1.38. The number of aromatic hydroxyl groups is 2. The molecule has 5 rings (SSSR count). The quantitative estimate of drug-likeness (QED) is 0.233. The summed E-state index contributed by atoms with van der Waals surface area (Å²) in [5, 5.41) is 54.3. The van der Waals surface area contributed by atoms with Crippen LogP contribution in [-0.4, -0.2) is 79.7 Å². The number of carbonyl (C=O) groups is 3. The van der Waals surface area contributed by atoms with Gasteiger partial charge < -0.3 is 36.2 Å². The van der Waals surface area contributed by atoms with Gasteiger partial charge in [0.15, 0.2) is 11.4 Å². The molecule has 10 nitrogen and oxygen atoms in total. The molecular weight excluding hydrogens is 504 g/mol. The van der Waals surface area contributed by atoms with Gasteiger partial charge in [0.25, 0.3) is 0 Å².